The first-order valence-electron chi connectivity index (χ1n) is 15.0. The van der Waals surface area contributed by atoms with Crippen molar-refractivity contribution < 1.29 is 19.0 Å². The largest absolute Gasteiger partial charge is 0.473 e. The number of carbonyl (C=O) groups is 1. The monoisotopic (exact) mass is 604 g/mol. The zero-order valence-corrected chi connectivity index (χ0v) is 25.7. The van der Waals surface area contributed by atoms with Gasteiger partial charge in [0.05, 0.1) is 24.7 Å². The first-order valence-corrected chi connectivity index (χ1v) is 15.0. The van der Waals surface area contributed by atoms with Crippen molar-refractivity contribution in [3.63, 3.8) is 0 Å². The molecule has 6 rings (SSSR count). The highest BCUT2D eigenvalue weighted by atomic mass is 16.5. The van der Waals surface area contributed by atoms with Crippen LogP contribution in [0, 0.1) is 0 Å². The normalized spacial score (nSPS) is 15.1. The van der Waals surface area contributed by atoms with Gasteiger partial charge in [0, 0.05) is 25.7 Å². The molecule has 2 aromatic heterocycles. The summed E-state index contributed by atoms with van der Waals surface area (Å²) in [5, 5.41) is 0. The molecule has 5 aromatic rings. The van der Waals surface area contributed by atoms with E-state index in [1.165, 1.54) is 12.7 Å². The van der Waals surface area contributed by atoms with Gasteiger partial charge in [-0.2, -0.15) is 4.98 Å². The average Bonchev–Trinajstić information content (AvgIpc) is 3.32. The van der Waals surface area contributed by atoms with Crippen molar-refractivity contribution in [1.82, 2.24) is 19.0 Å². The number of aryl methyl sites for hydroxylation is 1. The van der Waals surface area contributed by atoms with Crippen LogP contribution in [0.15, 0.2) is 102 Å². The molecule has 0 spiro atoms. The lowest BCUT2D eigenvalue weighted by Gasteiger charge is -2.31. The molecule has 0 fully saturated rings. The van der Waals surface area contributed by atoms with E-state index in [9.17, 15) is 9.59 Å². The Morgan fingerprint density at radius 1 is 0.889 bits per heavy atom. The number of pyridine rings is 1. The van der Waals surface area contributed by atoms with Gasteiger partial charge in [0.25, 0.3) is 0 Å². The van der Waals surface area contributed by atoms with Gasteiger partial charge < -0.3 is 14.2 Å². The first-order chi connectivity index (χ1) is 21.9. The van der Waals surface area contributed by atoms with E-state index in [0.717, 1.165) is 40.7 Å². The average molecular weight is 605 g/mol. The zero-order valence-electron chi connectivity index (χ0n) is 25.7. The number of carbonyl (C=O) groups excluding carboxylic acids is 1. The van der Waals surface area contributed by atoms with Crippen molar-refractivity contribution in [1.29, 1.82) is 0 Å². The van der Waals surface area contributed by atoms with Crippen molar-refractivity contribution in [2.45, 2.75) is 32.6 Å². The van der Waals surface area contributed by atoms with Gasteiger partial charge in [-0.25, -0.2) is 4.79 Å². The molecule has 1 aliphatic heterocycles. The molecule has 230 valence electrons. The van der Waals surface area contributed by atoms with E-state index in [1.54, 1.807) is 22.2 Å². The summed E-state index contributed by atoms with van der Waals surface area (Å²) in [6.07, 6.45) is 2.96. The van der Waals surface area contributed by atoms with E-state index in [2.05, 4.69) is 24.0 Å². The maximum absolute atomic E-state index is 13.8. The number of hydrogen-bond acceptors (Lipinski definition) is 7. The first kappa shape index (κ1) is 29.9. The highest BCUT2D eigenvalue weighted by Crippen LogP contribution is 2.31. The van der Waals surface area contributed by atoms with Crippen LogP contribution in [0.25, 0.3) is 22.3 Å². The molecule has 0 amide bonds. The lowest BCUT2D eigenvalue weighted by atomic mass is 9.96. The fourth-order valence-electron chi connectivity index (χ4n) is 5.64. The Morgan fingerprint density at radius 2 is 1.58 bits per heavy atom. The Kier molecular flexibility index (Phi) is 8.79. The fraction of sp³-hybridized carbons (Fsp3) is 0.250. The van der Waals surface area contributed by atoms with Crippen molar-refractivity contribution in [3.8, 4) is 17.4 Å². The van der Waals surface area contributed by atoms with Crippen molar-refractivity contribution in [2.24, 2.45) is 7.05 Å². The summed E-state index contributed by atoms with van der Waals surface area (Å²) in [4.78, 5) is 32.4. The highest BCUT2D eigenvalue weighted by Gasteiger charge is 2.23. The molecule has 0 radical (unpaired) electrons. The molecule has 0 saturated heterocycles. The number of methoxy groups -OCH3 is 1. The van der Waals surface area contributed by atoms with Gasteiger partial charge in [-0.15, -0.1) is 0 Å². The topological polar surface area (TPSA) is 87.8 Å². The van der Waals surface area contributed by atoms with Gasteiger partial charge in [0.15, 0.2) is 0 Å². The quantitative estimate of drug-likeness (QED) is 0.194. The summed E-state index contributed by atoms with van der Waals surface area (Å²) in [6, 6.07) is 29.5. The van der Waals surface area contributed by atoms with Crippen LogP contribution in [0.2, 0.25) is 0 Å². The van der Waals surface area contributed by atoms with Gasteiger partial charge in [0.1, 0.15) is 18.9 Å². The third kappa shape index (κ3) is 6.53. The Balaban J connectivity index is 1.34. The third-order valence-corrected chi connectivity index (χ3v) is 8.18. The summed E-state index contributed by atoms with van der Waals surface area (Å²) in [5.74, 6) is 0.465. The van der Waals surface area contributed by atoms with Crippen molar-refractivity contribution in [2.75, 3.05) is 20.2 Å². The number of fused-ring (bicyclic) bond motifs is 1. The van der Waals surface area contributed by atoms with E-state index in [4.69, 9.17) is 19.2 Å². The molecule has 3 aromatic carbocycles. The number of hydrogen-bond donors (Lipinski definition) is 0. The smallest absolute Gasteiger partial charge is 0.333 e. The maximum atomic E-state index is 13.8. The number of rotatable bonds is 10. The molecule has 1 unspecified atom stereocenters. The lowest BCUT2D eigenvalue weighted by Crippen LogP contribution is -2.39. The number of nitrogens with zero attached hydrogens (tertiary/aromatic N) is 4. The summed E-state index contributed by atoms with van der Waals surface area (Å²) in [6.45, 7) is 3.72. The van der Waals surface area contributed by atoms with Crippen LogP contribution in [-0.2, 0) is 29.8 Å². The predicted molar refractivity (Wildman–Crippen MR) is 174 cm³/mol. The summed E-state index contributed by atoms with van der Waals surface area (Å²) >= 11 is 0. The van der Waals surface area contributed by atoms with Crippen molar-refractivity contribution in [3.05, 3.63) is 124 Å². The number of benzene rings is 3. The van der Waals surface area contributed by atoms with Gasteiger partial charge >= 0.3 is 11.7 Å². The van der Waals surface area contributed by atoms with Gasteiger partial charge in [-0.3, -0.25) is 18.8 Å². The molecule has 1 aliphatic rings. The van der Waals surface area contributed by atoms with E-state index in [-0.39, 0.29) is 30.9 Å². The number of aromatic nitrogens is 3. The van der Waals surface area contributed by atoms with Crippen molar-refractivity contribution >= 4 is 22.6 Å². The van der Waals surface area contributed by atoms with Crippen LogP contribution in [0.3, 0.4) is 0 Å². The second-order valence-electron chi connectivity index (χ2n) is 11.1. The van der Waals surface area contributed by atoms with Crippen LogP contribution in [-0.4, -0.2) is 51.2 Å². The summed E-state index contributed by atoms with van der Waals surface area (Å²) in [7, 11) is 3.18. The van der Waals surface area contributed by atoms with Crippen LogP contribution in [0.1, 0.15) is 30.0 Å². The standard InChI is InChI=1S/C36H36N4O5/c1-25-20-29(18-19-39(25)22-34(41)43-3)28-14-15-30-32(21-28)38(2)36(42)40(30)31-16-17-33(44-23-26-10-6-4-7-11-26)37-35(31)45-24-27-12-8-5-9-13-27/h4-17,20-21,25H,18-19,22-24H2,1-3H3. The van der Waals surface area contributed by atoms with Gasteiger partial charge in [-0.1, -0.05) is 72.8 Å². The van der Waals surface area contributed by atoms with E-state index in [0.29, 0.717) is 24.1 Å². The number of esters is 1. The molecule has 1 atom stereocenters. The van der Waals surface area contributed by atoms with E-state index >= 15 is 0 Å². The molecule has 9 nitrogen and oxygen atoms in total. The van der Waals surface area contributed by atoms with Crippen LogP contribution in [0.5, 0.6) is 11.8 Å². The molecule has 3 heterocycles. The SMILES string of the molecule is COC(=O)CN1CCC(c2ccc3c(c2)n(C)c(=O)n3-c2ccc(OCc3ccccc3)nc2OCc2ccccc2)=CC1C. The molecule has 0 N–H and O–H groups in total. The molecular weight excluding hydrogens is 568 g/mol. The number of ether oxygens (including phenoxy) is 3. The van der Waals surface area contributed by atoms with E-state index in [1.807, 2.05) is 78.9 Å². The minimum atomic E-state index is -0.242. The molecule has 0 aliphatic carbocycles. The van der Waals surface area contributed by atoms with Crippen LogP contribution in [0.4, 0.5) is 0 Å². The molecular formula is C36H36N4O5. The Labute approximate surface area is 261 Å². The molecule has 9 heteroatoms. The lowest BCUT2D eigenvalue weighted by molar-refractivity contribution is -0.142. The van der Waals surface area contributed by atoms with Gasteiger partial charge in [0.2, 0.25) is 11.8 Å². The number of imidazole rings is 1. The highest BCUT2D eigenvalue weighted by molar-refractivity contribution is 5.84. The minimum absolute atomic E-state index is 0.0787. The van der Waals surface area contributed by atoms with Crippen LogP contribution >= 0.6 is 0 Å². The Bertz CT molecular complexity index is 1900. The second kappa shape index (κ2) is 13.2. The van der Waals surface area contributed by atoms with Gasteiger partial charge in [-0.05, 0) is 53.8 Å². The summed E-state index contributed by atoms with van der Waals surface area (Å²) in [5.41, 5.74) is 6.09. The molecule has 45 heavy (non-hydrogen) atoms. The van der Waals surface area contributed by atoms with Crippen LogP contribution < -0.4 is 15.2 Å². The molecule has 0 saturated carbocycles. The third-order valence-electron chi connectivity index (χ3n) is 8.18. The zero-order chi connectivity index (χ0) is 31.3. The van der Waals surface area contributed by atoms with E-state index < -0.39 is 0 Å². The Morgan fingerprint density at radius 3 is 2.24 bits per heavy atom. The predicted octanol–water partition coefficient (Wildman–Crippen LogP) is 5.53. The Hall–Kier alpha value is -5.15. The fourth-order valence-corrected chi connectivity index (χ4v) is 5.64. The molecule has 0 bridgehead atoms. The minimum Gasteiger partial charge on any atom is -0.473 e. The maximum Gasteiger partial charge on any atom is 0.333 e. The second-order valence-corrected chi connectivity index (χ2v) is 11.1. The summed E-state index contributed by atoms with van der Waals surface area (Å²) < 4.78 is 20.4.